The van der Waals surface area contributed by atoms with Crippen LogP contribution in [0, 0.1) is 6.92 Å². The van der Waals surface area contributed by atoms with Gasteiger partial charge in [0.05, 0.1) is 18.1 Å². The number of methoxy groups -OCH3 is 1. The summed E-state index contributed by atoms with van der Waals surface area (Å²) >= 11 is 0. The van der Waals surface area contributed by atoms with Gasteiger partial charge in [0.1, 0.15) is 11.6 Å². The molecule has 0 saturated heterocycles. The number of aromatic nitrogens is 2. The van der Waals surface area contributed by atoms with Gasteiger partial charge in [-0.2, -0.15) is 0 Å². The predicted molar refractivity (Wildman–Crippen MR) is 110 cm³/mol. The van der Waals surface area contributed by atoms with E-state index in [4.69, 9.17) is 4.74 Å². The first-order chi connectivity index (χ1) is 13.2. The largest absolute Gasteiger partial charge is 0.497 e. The smallest absolute Gasteiger partial charge is 0.191 e. The van der Waals surface area contributed by atoms with E-state index in [-0.39, 0.29) is 0 Å². The van der Waals surface area contributed by atoms with Crippen molar-refractivity contribution in [1.82, 2.24) is 20.2 Å². The summed E-state index contributed by atoms with van der Waals surface area (Å²) < 4.78 is 7.45. The van der Waals surface area contributed by atoms with E-state index in [2.05, 4.69) is 50.3 Å². The number of imidazole rings is 1. The summed E-state index contributed by atoms with van der Waals surface area (Å²) in [6, 6.07) is 16.3. The Morgan fingerprint density at radius 2 is 1.89 bits per heavy atom. The number of hydrogen-bond acceptors (Lipinski definition) is 3. The highest BCUT2D eigenvalue weighted by atomic mass is 16.5. The number of fused-ring (bicyclic) bond motifs is 1. The summed E-state index contributed by atoms with van der Waals surface area (Å²) in [6.07, 6.45) is 0.991. The minimum Gasteiger partial charge on any atom is -0.497 e. The van der Waals surface area contributed by atoms with Crippen molar-refractivity contribution in [2.45, 2.75) is 26.4 Å². The lowest BCUT2D eigenvalue weighted by molar-refractivity contribution is 0.414. The third-order valence-corrected chi connectivity index (χ3v) is 4.54. The SMILES string of the molecule is CN=C(NCCCn1c(C)nc2ccccc21)NCc1ccc(OC)cc1. The van der Waals surface area contributed by atoms with Crippen molar-refractivity contribution in [2.24, 2.45) is 4.99 Å². The maximum absolute atomic E-state index is 5.18. The Bertz CT molecular complexity index is 899. The number of nitrogens with zero attached hydrogens (tertiary/aromatic N) is 3. The van der Waals surface area contributed by atoms with E-state index in [1.54, 1.807) is 14.2 Å². The Morgan fingerprint density at radius 1 is 1.11 bits per heavy atom. The van der Waals surface area contributed by atoms with E-state index in [9.17, 15) is 0 Å². The van der Waals surface area contributed by atoms with Crippen molar-refractivity contribution in [3.8, 4) is 5.75 Å². The van der Waals surface area contributed by atoms with Gasteiger partial charge in [0.15, 0.2) is 5.96 Å². The molecule has 0 unspecified atom stereocenters. The van der Waals surface area contributed by atoms with Crippen LogP contribution in [0.3, 0.4) is 0 Å². The first-order valence-electron chi connectivity index (χ1n) is 9.20. The van der Waals surface area contributed by atoms with Crippen LogP contribution < -0.4 is 15.4 Å². The second-order valence-electron chi connectivity index (χ2n) is 6.35. The molecule has 0 saturated carbocycles. The van der Waals surface area contributed by atoms with Gasteiger partial charge in [0.25, 0.3) is 0 Å². The molecule has 0 aliphatic heterocycles. The van der Waals surface area contributed by atoms with Gasteiger partial charge < -0.3 is 19.9 Å². The van der Waals surface area contributed by atoms with Crippen LogP contribution in [0.4, 0.5) is 0 Å². The summed E-state index contributed by atoms with van der Waals surface area (Å²) in [5.74, 6) is 2.72. The Balaban J connectivity index is 1.46. The molecule has 2 N–H and O–H groups in total. The second kappa shape index (κ2) is 9.07. The highest BCUT2D eigenvalue weighted by molar-refractivity contribution is 5.79. The first kappa shape index (κ1) is 18.8. The number of benzene rings is 2. The van der Waals surface area contributed by atoms with Crippen molar-refractivity contribution in [1.29, 1.82) is 0 Å². The average molecular weight is 365 g/mol. The summed E-state index contributed by atoms with van der Waals surface area (Å²) in [7, 11) is 3.46. The number of hydrogen-bond donors (Lipinski definition) is 2. The topological polar surface area (TPSA) is 63.5 Å². The molecule has 3 aromatic rings. The second-order valence-corrected chi connectivity index (χ2v) is 6.35. The van der Waals surface area contributed by atoms with E-state index in [0.717, 1.165) is 49.1 Å². The van der Waals surface area contributed by atoms with Crippen molar-refractivity contribution >= 4 is 17.0 Å². The Morgan fingerprint density at radius 3 is 2.63 bits per heavy atom. The minimum atomic E-state index is 0.717. The summed E-state index contributed by atoms with van der Waals surface area (Å²) in [5.41, 5.74) is 3.43. The summed E-state index contributed by atoms with van der Waals surface area (Å²) in [5, 5.41) is 6.71. The standard InChI is InChI=1S/C21H27N5O/c1-16-25-19-7-4-5-8-20(19)26(16)14-6-13-23-21(22-2)24-15-17-9-11-18(27-3)12-10-17/h4-5,7-12H,6,13-15H2,1-3H3,(H2,22,23,24). The van der Waals surface area contributed by atoms with Crippen LogP contribution in [-0.2, 0) is 13.1 Å². The molecule has 0 aliphatic carbocycles. The molecule has 0 radical (unpaired) electrons. The third-order valence-electron chi connectivity index (χ3n) is 4.54. The molecule has 0 spiro atoms. The number of rotatable bonds is 7. The predicted octanol–water partition coefficient (Wildman–Crippen LogP) is 3.11. The highest BCUT2D eigenvalue weighted by Gasteiger charge is 2.06. The van der Waals surface area contributed by atoms with E-state index < -0.39 is 0 Å². The molecule has 0 atom stereocenters. The van der Waals surface area contributed by atoms with Crippen LogP contribution in [0.25, 0.3) is 11.0 Å². The molecule has 0 fully saturated rings. The van der Waals surface area contributed by atoms with Crippen LogP contribution in [0.1, 0.15) is 17.8 Å². The zero-order valence-corrected chi connectivity index (χ0v) is 16.2. The number of aliphatic imine (C=N–C) groups is 1. The number of guanidine groups is 1. The van der Waals surface area contributed by atoms with Gasteiger partial charge in [-0.1, -0.05) is 24.3 Å². The highest BCUT2D eigenvalue weighted by Crippen LogP contribution is 2.15. The minimum absolute atomic E-state index is 0.717. The van der Waals surface area contributed by atoms with E-state index in [0.29, 0.717) is 0 Å². The van der Waals surface area contributed by atoms with E-state index in [1.807, 2.05) is 30.3 Å². The molecule has 6 nitrogen and oxygen atoms in total. The van der Waals surface area contributed by atoms with Gasteiger partial charge in [-0.05, 0) is 43.2 Å². The summed E-state index contributed by atoms with van der Waals surface area (Å²) in [4.78, 5) is 8.91. The molecule has 0 bridgehead atoms. The van der Waals surface area contributed by atoms with Gasteiger partial charge in [0, 0.05) is 26.7 Å². The van der Waals surface area contributed by atoms with Gasteiger partial charge in [-0.3, -0.25) is 4.99 Å². The fourth-order valence-electron chi connectivity index (χ4n) is 3.07. The molecular weight excluding hydrogens is 338 g/mol. The molecule has 2 aromatic carbocycles. The Labute approximate surface area is 160 Å². The fraction of sp³-hybridized carbons (Fsp3) is 0.333. The molecule has 6 heteroatoms. The molecule has 0 amide bonds. The Hall–Kier alpha value is -3.02. The number of ether oxygens (including phenoxy) is 1. The maximum atomic E-state index is 5.18. The van der Waals surface area contributed by atoms with Crippen LogP contribution in [0.15, 0.2) is 53.5 Å². The molecular formula is C21H27N5O. The Kier molecular flexibility index (Phi) is 6.30. The van der Waals surface area contributed by atoms with Crippen molar-refractivity contribution in [3.05, 3.63) is 59.9 Å². The van der Waals surface area contributed by atoms with Gasteiger partial charge >= 0.3 is 0 Å². The van der Waals surface area contributed by atoms with Gasteiger partial charge in [-0.25, -0.2) is 4.98 Å². The van der Waals surface area contributed by atoms with Gasteiger partial charge in [0.2, 0.25) is 0 Å². The molecule has 3 rings (SSSR count). The first-order valence-corrected chi connectivity index (χ1v) is 9.20. The average Bonchev–Trinajstić information content (AvgIpc) is 3.03. The van der Waals surface area contributed by atoms with Crippen LogP contribution >= 0.6 is 0 Å². The van der Waals surface area contributed by atoms with Crippen molar-refractivity contribution in [2.75, 3.05) is 20.7 Å². The van der Waals surface area contributed by atoms with Crippen molar-refractivity contribution < 1.29 is 4.74 Å². The van der Waals surface area contributed by atoms with E-state index >= 15 is 0 Å². The van der Waals surface area contributed by atoms with Crippen LogP contribution in [0.2, 0.25) is 0 Å². The maximum Gasteiger partial charge on any atom is 0.191 e. The monoisotopic (exact) mass is 365 g/mol. The van der Waals surface area contributed by atoms with Crippen LogP contribution in [0.5, 0.6) is 5.75 Å². The van der Waals surface area contributed by atoms with E-state index in [1.165, 1.54) is 11.1 Å². The summed E-state index contributed by atoms with van der Waals surface area (Å²) in [6.45, 7) is 4.54. The quantitative estimate of drug-likeness (QED) is 0.384. The molecule has 27 heavy (non-hydrogen) atoms. The van der Waals surface area contributed by atoms with Crippen molar-refractivity contribution in [3.63, 3.8) is 0 Å². The molecule has 1 heterocycles. The lowest BCUT2D eigenvalue weighted by atomic mass is 10.2. The lowest BCUT2D eigenvalue weighted by Gasteiger charge is -2.13. The number of nitrogens with one attached hydrogen (secondary N) is 2. The molecule has 1 aromatic heterocycles. The van der Waals surface area contributed by atoms with Gasteiger partial charge in [-0.15, -0.1) is 0 Å². The fourth-order valence-corrected chi connectivity index (χ4v) is 3.07. The number of para-hydroxylation sites is 2. The zero-order valence-electron chi connectivity index (χ0n) is 16.2. The third kappa shape index (κ3) is 4.78. The van der Waals surface area contributed by atoms with Crippen LogP contribution in [-0.4, -0.2) is 36.2 Å². The molecule has 0 aliphatic rings. The number of aryl methyl sites for hydroxylation is 2. The lowest BCUT2D eigenvalue weighted by Crippen LogP contribution is -2.37. The zero-order chi connectivity index (χ0) is 19.1. The normalized spacial score (nSPS) is 11.6. The molecule has 142 valence electrons.